The van der Waals surface area contributed by atoms with E-state index in [0.717, 1.165) is 25.3 Å². The van der Waals surface area contributed by atoms with Crippen LogP contribution in [0, 0.1) is 5.92 Å². The summed E-state index contributed by atoms with van der Waals surface area (Å²) in [5, 5.41) is 1.48. The van der Waals surface area contributed by atoms with Crippen molar-refractivity contribution in [1.29, 1.82) is 0 Å². The van der Waals surface area contributed by atoms with E-state index in [1.807, 2.05) is 6.20 Å². The summed E-state index contributed by atoms with van der Waals surface area (Å²) >= 11 is 0. The highest BCUT2D eigenvalue weighted by atomic mass is 15.2. The molecule has 1 saturated heterocycles. The predicted octanol–water partition coefficient (Wildman–Crippen LogP) is 4.69. The van der Waals surface area contributed by atoms with Gasteiger partial charge in [-0.1, -0.05) is 42.5 Å². The SMILES string of the molecule is CN1C[C@H](Cn2ccnc2-c2ccccc2)CC2c3cccc4[nH]cc(c34)C[C@H]21. The van der Waals surface area contributed by atoms with Crippen molar-refractivity contribution in [2.45, 2.75) is 31.3 Å². The van der Waals surface area contributed by atoms with Crippen LogP contribution in [0.2, 0.25) is 0 Å². The maximum absolute atomic E-state index is 4.65. The van der Waals surface area contributed by atoms with Gasteiger partial charge in [-0.2, -0.15) is 0 Å². The van der Waals surface area contributed by atoms with Gasteiger partial charge in [-0.3, -0.25) is 0 Å². The molecule has 2 aromatic heterocycles. The Kier molecular flexibility index (Phi) is 3.88. The van der Waals surface area contributed by atoms with Gasteiger partial charge in [0.15, 0.2) is 0 Å². The van der Waals surface area contributed by atoms with E-state index in [-0.39, 0.29) is 0 Å². The molecule has 0 saturated carbocycles. The third-order valence-electron chi connectivity index (χ3n) is 7.01. The molecule has 146 valence electrons. The molecule has 0 amide bonds. The number of H-pyrrole nitrogens is 1. The molecule has 1 N–H and O–H groups in total. The molecule has 1 fully saturated rings. The second kappa shape index (κ2) is 6.60. The van der Waals surface area contributed by atoms with Crippen molar-refractivity contribution in [3.63, 3.8) is 0 Å². The number of piperidine rings is 1. The van der Waals surface area contributed by atoms with Gasteiger partial charge in [-0.05, 0) is 43.0 Å². The summed E-state index contributed by atoms with van der Waals surface area (Å²) in [5.41, 5.74) is 5.52. The lowest BCUT2D eigenvalue weighted by Crippen LogP contribution is -2.48. The molecule has 1 aliphatic carbocycles. The van der Waals surface area contributed by atoms with E-state index in [4.69, 9.17) is 0 Å². The van der Waals surface area contributed by atoms with Gasteiger partial charge in [0.2, 0.25) is 0 Å². The first-order chi connectivity index (χ1) is 14.3. The van der Waals surface area contributed by atoms with Crippen molar-refractivity contribution >= 4 is 10.9 Å². The number of aromatic amines is 1. The lowest BCUT2D eigenvalue weighted by molar-refractivity contribution is 0.104. The van der Waals surface area contributed by atoms with Gasteiger partial charge >= 0.3 is 0 Å². The molecule has 2 aromatic carbocycles. The topological polar surface area (TPSA) is 36.9 Å². The van der Waals surface area contributed by atoms with Gasteiger partial charge in [0.1, 0.15) is 5.82 Å². The number of fused-ring (bicyclic) bond motifs is 2. The fraction of sp³-hybridized carbons (Fsp3) is 0.320. The minimum atomic E-state index is 0.606. The summed E-state index contributed by atoms with van der Waals surface area (Å²) in [6.07, 6.45) is 8.70. The molecule has 29 heavy (non-hydrogen) atoms. The molecule has 1 aliphatic heterocycles. The zero-order chi connectivity index (χ0) is 19.4. The number of hydrogen-bond acceptors (Lipinski definition) is 2. The molecule has 4 heteroatoms. The Hall–Kier alpha value is -2.85. The Bertz CT molecular complexity index is 1160. The lowest BCUT2D eigenvalue weighted by atomic mass is 9.72. The number of benzene rings is 2. The Morgan fingerprint density at radius 1 is 1.10 bits per heavy atom. The summed E-state index contributed by atoms with van der Waals surface area (Å²) in [4.78, 5) is 10.7. The Morgan fingerprint density at radius 2 is 2.00 bits per heavy atom. The Morgan fingerprint density at radius 3 is 2.90 bits per heavy atom. The third kappa shape index (κ3) is 2.74. The molecule has 0 radical (unpaired) electrons. The van der Waals surface area contributed by atoms with Crippen LogP contribution < -0.4 is 0 Å². The van der Waals surface area contributed by atoms with Crippen LogP contribution in [0.15, 0.2) is 67.1 Å². The Labute approximate surface area is 171 Å². The van der Waals surface area contributed by atoms with E-state index in [0.29, 0.717) is 17.9 Å². The number of nitrogens with zero attached hydrogens (tertiary/aromatic N) is 3. The van der Waals surface area contributed by atoms with Gasteiger partial charge in [0.05, 0.1) is 0 Å². The first-order valence-electron chi connectivity index (χ1n) is 10.6. The number of likely N-dealkylation sites (N-methyl/N-ethyl adjacent to an activating group) is 1. The molecule has 3 atom stereocenters. The van der Waals surface area contributed by atoms with Crippen LogP contribution in [-0.2, 0) is 13.0 Å². The molecular weight excluding hydrogens is 356 g/mol. The maximum atomic E-state index is 4.65. The normalized spacial score (nSPS) is 24.0. The first kappa shape index (κ1) is 17.0. The van der Waals surface area contributed by atoms with Crippen molar-refractivity contribution in [2.75, 3.05) is 13.6 Å². The highest BCUT2D eigenvalue weighted by Crippen LogP contribution is 2.44. The van der Waals surface area contributed by atoms with Crippen molar-refractivity contribution in [3.8, 4) is 11.4 Å². The van der Waals surface area contributed by atoms with Crippen molar-refractivity contribution < 1.29 is 0 Å². The van der Waals surface area contributed by atoms with E-state index in [2.05, 4.69) is 87.4 Å². The molecule has 4 nitrogen and oxygen atoms in total. The molecule has 0 spiro atoms. The van der Waals surface area contributed by atoms with Crippen LogP contribution in [0.1, 0.15) is 23.5 Å². The number of imidazole rings is 1. The van der Waals surface area contributed by atoms with E-state index in [1.165, 1.54) is 28.5 Å². The van der Waals surface area contributed by atoms with Crippen molar-refractivity contribution in [2.24, 2.45) is 5.92 Å². The molecule has 4 aromatic rings. The summed E-state index contributed by atoms with van der Waals surface area (Å²) < 4.78 is 2.35. The predicted molar refractivity (Wildman–Crippen MR) is 117 cm³/mol. The molecule has 3 heterocycles. The number of nitrogens with one attached hydrogen (secondary N) is 1. The number of rotatable bonds is 3. The largest absolute Gasteiger partial charge is 0.361 e. The highest BCUT2D eigenvalue weighted by molar-refractivity contribution is 5.88. The summed E-state index contributed by atoms with van der Waals surface area (Å²) in [5.74, 6) is 2.30. The van der Waals surface area contributed by atoms with Gasteiger partial charge in [0.25, 0.3) is 0 Å². The van der Waals surface area contributed by atoms with Gasteiger partial charge < -0.3 is 14.5 Å². The maximum Gasteiger partial charge on any atom is 0.139 e. The molecule has 0 bridgehead atoms. The van der Waals surface area contributed by atoms with Crippen LogP contribution in [0.3, 0.4) is 0 Å². The first-order valence-corrected chi connectivity index (χ1v) is 10.6. The fourth-order valence-corrected chi connectivity index (χ4v) is 5.77. The number of likely N-dealkylation sites (tertiary alicyclic amines) is 1. The zero-order valence-electron chi connectivity index (χ0n) is 16.8. The average molecular weight is 383 g/mol. The average Bonchev–Trinajstić information content (AvgIpc) is 3.38. The monoisotopic (exact) mass is 382 g/mol. The van der Waals surface area contributed by atoms with Crippen LogP contribution in [0.25, 0.3) is 22.3 Å². The fourth-order valence-electron chi connectivity index (χ4n) is 5.77. The lowest BCUT2D eigenvalue weighted by Gasteiger charge is -2.45. The van der Waals surface area contributed by atoms with Crippen LogP contribution >= 0.6 is 0 Å². The zero-order valence-corrected chi connectivity index (χ0v) is 16.8. The Balaban J connectivity index is 1.32. The van der Waals surface area contributed by atoms with Crippen molar-refractivity contribution in [1.82, 2.24) is 19.4 Å². The minimum Gasteiger partial charge on any atom is -0.361 e. The summed E-state index contributed by atoms with van der Waals surface area (Å²) in [6, 6.07) is 17.9. The second-order valence-corrected chi connectivity index (χ2v) is 8.77. The van der Waals surface area contributed by atoms with Gasteiger partial charge in [-0.15, -0.1) is 0 Å². The van der Waals surface area contributed by atoms with Crippen molar-refractivity contribution in [3.05, 3.63) is 78.2 Å². The second-order valence-electron chi connectivity index (χ2n) is 8.77. The van der Waals surface area contributed by atoms with Gasteiger partial charge in [-0.25, -0.2) is 4.98 Å². The van der Waals surface area contributed by atoms with Crippen LogP contribution in [0.4, 0.5) is 0 Å². The minimum absolute atomic E-state index is 0.606. The van der Waals surface area contributed by atoms with E-state index >= 15 is 0 Å². The third-order valence-corrected chi connectivity index (χ3v) is 7.01. The van der Waals surface area contributed by atoms with E-state index < -0.39 is 0 Å². The van der Waals surface area contributed by atoms with E-state index in [1.54, 1.807) is 5.56 Å². The van der Waals surface area contributed by atoms with Gasteiger partial charge in [0, 0.05) is 60.1 Å². The number of hydrogen-bond donors (Lipinski definition) is 1. The smallest absolute Gasteiger partial charge is 0.139 e. The molecule has 6 rings (SSSR count). The summed E-state index contributed by atoms with van der Waals surface area (Å²) in [7, 11) is 2.31. The number of aromatic nitrogens is 3. The van der Waals surface area contributed by atoms with Crippen LogP contribution in [0.5, 0.6) is 0 Å². The molecular formula is C25H26N4. The summed E-state index contributed by atoms with van der Waals surface area (Å²) in [6.45, 7) is 2.16. The van der Waals surface area contributed by atoms with E-state index in [9.17, 15) is 0 Å². The quantitative estimate of drug-likeness (QED) is 0.558. The standard InChI is InChI=1S/C25H26N4/c1-28-15-17(16-29-11-10-26-25(29)18-6-3-2-4-7-18)12-21-20-8-5-9-22-24(20)19(14-27-22)13-23(21)28/h2-11,14,17,21,23,27H,12-13,15-16H2,1H3/t17-,21?,23-/m1/s1. The van der Waals surface area contributed by atoms with Crippen LogP contribution in [-0.4, -0.2) is 39.1 Å². The molecule has 2 aliphatic rings. The highest BCUT2D eigenvalue weighted by Gasteiger charge is 2.39. The molecule has 1 unspecified atom stereocenters.